The first-order valence-corrected chi connectivity index (χ1v) is 15.5. The summed E-state index contributed by atoms with van der Waals surface area (Å²) >= 11 is 8.69. The summed E-state index contributed by atoms with van der Waals surface area (Å²) in [5.41, 5.74) is 2.59. The molecule has 0 aliphatic carbocycles. The third-order valence-electron chi connectivity index (χ3n) is 7.19. The number of carbonyl (C=O) groups is 3. The second-order valence-corrected chi connectivity index (χ2v) is 13.3. The summed E-state index contributed by atoms with van der Waals surface area (Å²) in [6, 6.07) is 14.1. The minimum absolute atomic E-state index is 0.0575. The van der Waals surface area contributed by atoms with Gasteiger partial charge in [0.15, 0.2) is 0 Å². The van der Waals surface area contributed by atoms with E-state index in [1.165, 1.54) is 0 Å². The summed E-state index contributed by atoms with van der Waals surface area (Å²) < 4.78 is 20.4. The standard InChI is InChI=1S/C32H32ClIN4O6/c1-17-6-10-19(11-7-17)28(39)42-16-23-22(44-29(40)20-12-8-18(2)9-13-20)14-24(43-23)38-15-21(34)25-26(33)35-31(36-27(25)38)37-30(41)32(3,4)5/h6-13,15,22-24H,14,16H2,1-5H3,(H,35,36,37,41)/t22?,23-,24-/m1/s1. The maximum Gasteiger partial charge on any atom is 0.338 e. The first-order chi connectivity index (χ1) is 20.8. The van der Waals surface area contributed by atoms with Crippen molar-refractivity contribution >= 4 is 69.0 Å². The Kier molecular flexibility index (Phi) is 9.28. The predicted octanol–water partition coefficient (Wildman–Crippen LogP) is 6.66. The Morgan fingerprint density at radius 2 is 1.59 bits per heavy atom. The lowest BCUT2D eigenvalue weighted by atomic mass is 9.96. The second kappa shape index (κ2) is 12.8. The van der Waals surface area contributed by atoms with Crippen LogP contribution in [0.15, 0.2) is 54.7 Å². The fourth-order valence-electron chi connectivity index (χ4n) is 4.60. The molecule has 44 heavy (non-hydrogen) atoms. The molecule has 0 saturated carbocycles. The van der Waals surface area contributed by atoms with Gasteiger partial charge in [0.05, 0.1) is 16.5 Å². The first kappa shape index (κ1) is 31.9. The second-order valence-electron chi connectivity index (χ2n) is 11.8. The number of aromatic nitrogens is 3. The lowest BCUT2D eigenvalue weighted by Crippen LogP contribution is -2.32. The molecule has 10 nitrogen and oxygen atoms in total. The highest BCUT2D eigenvalue weighted by Crippen LogP contribution is 2.37. The van der Waals surface area contributed by atoms with E-state index >= 15 is 0 Å². The van der Waals surface area contributed by atoms with Crippen molar-refractivity contribution in [2.24, 2.45) is 5.41 Å². The molecular formula is C32H32ClIN4O6. The zero-order chi connectivity index (χ0) is 31.8. The van der Waals surface area contributed by atoms with E-state index in [-0.39, 0.29) is 30.0 Å². The molecule has 5 rings (SSSR count). The molecule has 4 aromatic rings. The number of ether oxygens (including phenoxy) is 3. The van der Waals surface area contributed by atoms with Crippen LogP contribution >= 0.6 is 34.2 Å². The highest BCUT2D eigenvalue weighted by Gasteiger charge is 2.41. The van der Waals surface area contributed by atoms with Crippen molar-refractivity contribution in [3.05, 3.63) is 85.7 Å². The quantitative estimate of drug-likeness (QED) is 0.127. The van der Waals surface area contributed by atoms with Crippen molar-refractivity contribution in [1.29, 1.82) is 0 Å². The van der Waals surface area contributed by atoms with Crippen LogP contribution in [0.4, 0.5) is 5.95 Å². The number of hydrogen-bond acceptors (Lipinski definition) is 8. The van der Waals surface area contributed by atoms with Gasteiger partial charge in [-0.15, -0.1) is 0 Å². The molecule has 2 aromatic carbocycles. The number of halogens is 2. The number of benzene rings is 2. The molecule has 1 aliphatic rings. The maximum atomic E-state index is 13.1. The largest absolute Gasteiger partial charge is 0.459 e. The normalized spacial score (nSPS) is 18.3. The van der Waals surface area contributed by atoms with Gasteiger partial charge in [0.25, 0.3) is 0 Å². The molecule has 1 amide bonds. The van der Waals surface area contributed by atoms with Gasteiger partial charge in [0, 0.05) is 21.6 Å². The van der Waals surface area contributed by atoms with Crippen LogP contribution < -0.4 is 5.32 Å². The van der Waals surface area contributed by atoms with E-state index < -0.39 is 35.8 Å². The first-order valence-electron chi connectivity index (χ1n) is 14.0. The van der Waals surface area contributed by atoms with Crippen LogP contribution in [0, 0.1) is 22.8 Å². The van der Waals surface area contributed by atoms with Crippen LogP contribution in [0.2, 0.25) is 5.15 Å². The van der Waals surface area contributed by atoms with Crippen molar-refractivity contribution in [1.82, 2.24) is 14.5 Å². The number of nitrogens with zero attached hydrogens (tertiary/aromatic N) is 3. The average Bonchev–Trinajstić information content (AvgIpc) is 3.52. The van der Waals surface area contributed by atoms with Crippen molar-refractivity contribution in [3.8, 4) is 0 Å². The van der Waals surface area contributed by atoms with Crippen molar-refractivity contribution in [3.63, 3.8) is 0 Å². The van der Waals surface area contributed by atoms with E-state index in [1.54, 1.807) is 49.6 Å². The van der Waals surface area contributed by atoms with Gasteiger partial charge < -0.3 is 18.8 Å². The lowest BCUT2D eigenvalue weighted by Gasteiger charge is -2.19. The summed E-state index contributed by atoms with van der Waals surface area (Å²) in [5.74, 6) is -1.24. The molecule has 1 aliphatic heterocycles. The average molecular weight is 731 g/mol. The minimum atomic E-state index is -0.767. The fraction of sp³-hybridized carbons (Fsp3) is 0.344. The van der Waals surface area contributed by atoms with E-state index in [4.69, 9.17) is 25.8 Å². The minimum Gasteiger partial charge on any atom is -0.459 e. The number of anilines is 1. The molecule has 0 radical (unpaired) electrons. The maximum absolute atomic E-state index is 13.1. The Hall–Kier alpha value is -3.55. The molecule has 1 N–H and O–H groups in total. The third-order valence-corrected chi connectivity index (χ3v) is 8.28. The molecule has 12 heteroatoms. The van der Waals surface area contributed by atoms with Gasteiger partial charge in [-0.2, -0.15) is 9.97 Å². The van der Waals surface area contributed by atoms with E-state index in [1.807, 2.05) is 44.3 Å². The van der Waals surface area contributed by atoms with Gasteiger partial charge in [0.2, 0.25) is 11.9 Å². The summed E-state index contributed by atoms with van der Waals surface area (Å²) in [4.78, 5) is 47.4. The number of rotatable bonds is 7. The summed E-state index contributed by atoms with van der Waals surface area (Å²) in [6.07, 6.45) is -0.110. The molecule has 1 saturated heterocycles. The summed E-state index contributed by atoms with van der Waals surface area (Å²) in [6.45, 7) is 9.06. The predicted molar refractivity (Wildman–Crippen MR) is 174 cm³/mol. The summed E-state index contributed by atoms with van der Waals surface area (Å²) in [7, 11) is 0. The monoisotopic (exact) mass is 730 g/mol. The van der Waals surface area contributed by atoms with E-state index in [0.717, 1.165) is 14.7 Å². The Bertz CT molecular complexity index is 1720. The van der Waals surface area contributed by atoms with Gasteiger partial charge in [-0.3, -0.25) is 10.1 Å². The SMILES string of the molecule is Cc1ccc(C(=O)OC[C@H]2O[C@@H](n3cc(I)c4c(Cl)nc(NC(=O)C(C)(C)C)nc43)CC2OC(=O)c2ccc(C)cc2)cc1. The van der Waals surface area contributed by atoms with Gasteiger partial charge in [-0.1, -0.05) is 67.8 Å². The highest BCUT2D eigenvalue weighted by molar-refractivity contribution is 14.1. The number of amides is 1. The number of nitrogens with one attached hydrogen (secondary N) is 1. The number of hydrogen-bond donors (Lipinski definition) is 1. The van der Waals surface area contributed by atoms with E-state index in [2.05, 4.69) is 37.9 Å². The summed E-state index contributed by atoms with van der Waals surface area (Å²) in [5, 5.41) is 3.49. The molecule has 230 valence electrons. The molecule has 3 heterocycles. The van der Waals surface area contributed by atoms with Crippen LogP contribution in [0.1, 0.15) is 65.3 Å². The Morgan fingerprint density at radius 1 is 1.00 bits per heavy atom. The topological polar surface area (TPSA) is 122 Å². The molecule has 0 spiro atoms. The van der Waals surface area contributed by atoms with Gasteiger partial charge in [-0.25, -0.2) is 9.59 Å². The van der Waals surface area contributed by atoms with E-state index in [0.29, 0.717) is 22.2 Å². The molecule has 1 fully saturated rings. The van der Waals surface area contributed by atoms with Crippen molar-refractivity contribution < 1.29 is 28.6 Å². The zero-order valence-electron chi connectivity index (χ0n) is 24.9. The highest BCUT2D eigenvalue weighted by atomic mass is 127. The zero-order valence-corrected chi connectivity index (χ0v) is 27.8. The van der Waals surface area contributed by atoms with Crippen LogP contribution in [-0.2, 0) is 19.0 Å². The smallest absolute Gasteiger partial charge is 0.338 e. The third kappa shape index (κ3) is 7.05. The Balaban J connectivity index is 1.43. The van der Waals surface area contributed by atoms with Crippen LogP contribution in [0.25, 0.3) is 11.0 Å². The number of esters is 2. The van der Waals surface area contributed by atoms with Crippen molar-refractivity contribution in [2.45, 2.75) is 59.5 Å². The Morgan fingerprint density at radius 3 is 2.18 bits per heavy atom. The van der Waals surface area contributed by atoms with Crippen LogP contribution in [-0.4, -0.2) is 51.2 Å². The number of aryl methyl sites for hydroxylation is 2. The van der Waals surface area contributed by atoms with Gasteiger partial charge >= 0.3 is 11.9 Å². The van der Waals surface area contributed by atoms with Gasteiger partial charge in [-0.05, 0) is 60.7 Å². The van der Waals surface area contributed by atoms with Crippen LogP contribution in [0.5, 0.6) is 0 Å². The molecule has 2 aromatic heterocycles. The van der Waals surface area contributed by atoms with E-state index in [9.17, 15) is 14.4 Å². The molecule has 0 bridgehead atoms. The molecular weight excluding hydrogens is 699 g/mol. The number of carbonyl (C=O) groups excluding carboxylic acids is 3. The fourth-order valence-corrected chi connectivity index (χ4v) is 5.82. The molecule has 3 atom stereocenters. The van der Waals surface area contributed by atoms with Crippen molar-refractivity contribution in [2.75, 3.05) is 11.9 Å². The number of fused-ring (bicyclic) bond motifs is 1. The Labute approximate surface area is 273 Å². The lowest BCUT2D eigenvalue weighted by molar-refractivity contribution is -0.123. The van der Waals surface area contributed by atoms with Gasteiger partial charge in [0.1, 0.15) is 35.8 Å². The van der Waals surface area contributed by atoms with Crippen LogP contribution in [0.3, 0.4) is 0 Å². The molecule has 1 unspecified atom stereocenters.